The van der Waals surface area contributed by atoms with Gasteiger partial charge < -0.3 is 9.32 Å². The highest BCUT2D eigenvalue weighted by Gasteiger charge is 2.46. The largest absolute Gasteiger partial charge is 0.456 e. The summed E-state index contributed by atoms with van der Waals surface area (Å²) in [5.41, 5.74) is 21.9. The fourth-order valence-corrected chi connectivity index (χ4v) is 11.6. The van der Waals surface area contributed by atoms with Crippen molar-refractivity contribution in [3.8, 4) is 44.5 Å². The second-order valence-corrected chi connectivity index (χ2v) is 18.4. The molecular weight excluding hydrogens is 799 g/mol. The van der Waals surface area contributed by atoms with Gasteiger partial charge in [0.25, 0.3) is 0 Å². The van der Waals surface area contributed by atoms with Crippen molar-refractivity contribution < 1.29 is 4.42 Å². The summed E-state index contributed by atoms with van der Waals surface area (Å²) in [5, 5.41) is 2.17. The molecule has 0 saturated heterocycles. The van der Waals surface area contributed by atoms with Gasteiger partial charge in [0.1, 0.15) is 11.2 Å². The van der Waals surface area contributed by atoms with E-state index >= 15 is 0 Å². The molecule has 0 amide bonds. The van der Waals surface area contributed by atoms with E-state index in [2.05, 4.69) is 255 Å². The van der Waals surface area contributed by atoms with Gasteiger partial charge in [-0.1, -0.05) is 202 Å². The third-order valence-electron chi connectivity index (χ3n) is 14.5. The van der Waals surface area contributed by atoms with Crippen LogP contribution in [-0.2, 0) is 10.8 Å². The first-order valence-electron chi connectivity index (χ1n) is 23.0. The summed E-state index contributed by atoms with van der Waals surface area (Å²) in [6.45, 7) is 4.77. The van der Waals surface area contributed by atoms with Crippen molar-refractivity contribution in [2.45, 2.75) is 24.7 Å². The smallest absolute Gasteiger partial charge is 0.137 e. The highest BCUT2D eigenvalue weighted by atomic mass is 16.3. The molecule has 2 aliphatic rings. The fourth-order valence-electron chi connectivity index (χ4n) is 11.6. The van der Waals surface area contributed by atoms with Crippen LogP contribution in [0.3, 0.4) is 0 Å². The Hall–Kier alpha value is -8.20. The van der Waals surface area contributed by atoms with Gasteiger partial charge in [0.05, 0.1) is 16.5 Å². The lowest BCUT2D eigenvalue weighted by Crippen LogP contribution is -2.28. The molecule has 0 unspecified atom stereocenters. The van der Waals surface area contributed by atoms with Gasteiger partial charge in [-0.2, -0.15) is 0 Å². The SMILES string of the molecule is CC1(C)c2cc(N(c3cccc(C4(c5ccccc5)c5ccccc5-c5ccccc54)c3)c3cccc4oc5ccc(-c6ccccc6)cc5c34)ccc2-c2c(-c3ccccc3)cccc21. The number of rotatable bonds is 7. The lowest BCUT2D eigenvalue weighted by molar-refractivity contribution is 0.660. The number of anilines is 3. The Morgan fingerprint density at radius 1 is 0.364 bits per heavy atom. The van der Waals surface area contributed by atoms with Crippen LogP contribution < -0.4 is 4.90 Å². The summed E-state index contributed by atoms with van der Waals surface area (Å²) < 4.78 is 6.74. The maximum Gasteiger partial charge on any atom is 0.137 e. The summed E-state index contributed by atoms with van der Waals surface area (Å²) in [6, 6.07) is 87.0. The predicted octanol–water partition coefficient (Wildman–Crippen LogP) is 17.1. The van der Waals surface area contributed by atoms with Crippen LogP contribution in [0, 0.1) is 0 Å². The molecule has 13 rings (SSSR count). The van der Waals surface area contributed by atoms with Crippen LogP contribution in [0.4, 0.5) is 17.1 Å². The van der Waals surface area contributed by atoms with Crippen molar-refractivity contribution in [3.05, 3.63) is 270 Å². The van der Waals surface area contributed by atoms with Crippen LogP contribution >= 0.6 is 0 Å². The highest BCUT2D eigenvalue weighted by Crippen LogP contribution is 2.58. The van der Waals surface area contributed by atoms with Crippen LogP contribution in [0.25, 0.3) is 66.4 Å². The van der Waals surface area contributed by atoms with Crippen molar-refractivity contribution in [1.29, 1.82) is 0 Å². The molecule has 0 bridgehead atoms. The molecule has 2 aliphatic carbocycles. The Bertz CT molecular complexity index is 3630. The van der Waals surface area contributed by atoms with E-state index in [4.69, 9.17) is 4.42 Å². The number of benzene rings is 10. The summed E-state index contributed by atoms with van der Waals surface area (Å²) >= 11 is 0. The molecular formula is C64H45NO. The number of hydrogen-bond acceptors (Lipinski definition) is 2. The maximum atomic E-state index is 6.74. The van der Waals surface area contributed by atoms with Crippen molar-refractivity contribution in [3.63, 3.8) is 0 Å². The molecule has 2 nitrogen and oxygen atoms in total. The topological polar surface area (TPSA) is 16.4 Å². The van der Waals surface area contributed by atoms with Gasteiger partial charge in [-0.15, -0.1) is 0 Å². The van der Waals surface area contributed by atoms with E-state index < -0.39 is 5.41 Å². The molecule has 0 N–H and O–H groups in total. The first-order chi connectivity index (χ1) is 32.5. The second-order valence-electron chi connectivity index (χ2n) is 18.4. The van der Waals surface area contributed by atoms with Gasteiger partial charge in [0.2, 0.25) is 0 Å². The average Bonchev–Trinajstić information content (AvgIpc) is 3.99. The molecule has 0 radical (unpaired) electrons. The zero-order valence-corrected chi connectivity index (χ0v) is 36.9. The molecule has 10 aromatic carbocycles. The van der Waals surface area contributed by atoms with Gasteiger partial charge >= 0.3 is 0 Å². The van der Waals surface area contributed by atoms with E-state index in [1.54, 1.807) is 0 Å². The number of nitrogens with zero attached hydrogens (tertiary/aromatic N) is 1. The fraction of sp³-hybridized carbons (Fsp3) is 0.0625. The number of fused-ring (bicyclic) bond motifs is 9. The maximum absolute atomic E-state index is 6.74. The van der Waals surface area contributed by atoms with E-state index in [9.17, 15) is 0 Å². The first kappa shape index (κ1) is 38.3. The van der Waals surface area contributed by atoms with E-state index in [1.807, 2.05) is 0 Å². The van der Waals surface area contributed by atoms with E-state index in [1.165, 1.54) is 72.3 Å². The number of furan rings is 1. The minimum atomic E-state index is -0.551. The summed E-state index contributed by atoms with van der Waals surface area (Å²) in [5.74, 6) is 0. The highest BCUT2D eigenvalue weighted by molar-refractivity contribution is 6.14. The molecule has 312 valence electrons. The zero-order chi connectivity index (χ0) is 44.0. The van der Waals surface area contributed by atoms with Crippen molar-refractivity contribution in [2.24, 2.45) is 0 Å². The van der Waals surface area contributed by atoms with Crippen molar-refractivity contribution in [2.75, 3.05) is 4.90 Å². The summed E-state index contributed by atoms with van der Waals surface area (Å²) in [4.78, 5) is 2.49. The van der Waals surface area contributed by atoms with Crippen molar-refractivity contribution >= 4 is 39.0 Å². The molecule has 66 heavy (non-hydrogen) atoms. The Morgan fingerprint density at radius 3 is 1.70 bits per heavy atom. The Balaban J connectivity index is 1.08. The quantitative estimate of drug-likeness (QED) is 0.159. The molecule has 0 fully saturated rings. The van der Waals surface area contributed by atoms with E-state index in [0.29, 0.717) is 0 Å². The van der Waals surface area contributed by atoms with E-state index in [-0.39, 0.29) is 5.41 Å². The summed E-state index contributed by atoms with van der Waals surface area (Å²) in [6.07, 6.45) is 0. The van der Waals surface area contributed by atoms with Crippen LogP contribution in [-0.4, -0.2) is 0 Å². The van der Waals surface area contributed by atoms with Crippen LogP contribution in [0.1, 0.15) is 47.2 Å². The third-order valence-corrected chi connectivity index (χ3v) is 14.5. The lowest BCUT2D eigenvalue weighted by atomic mass is 9.67. The van der Waals surface area contributed by atoms with Gasteiger partial charge in [0, 0.05) is 22.2 Å². The lowest BCUT2D eigenvalue weighted by Gasteiger charge is -2.35. The van der Waals surface area contributed by atoms with Gasteiger partial charge in [0.15, 0.2) is 0 Å². The standard InChI is InChI=1S/C64H45NO/c1-63(2)56-32-17-29-49(43-21-8-4-9-22-43)61(56)52-37-36-48(41-57(52)63)65(58-33-18-34-60-62(58)53-39-44(35-38-59(53)66-60)42-19-6-3-7-20-42)47-26-16-25-46(40-47)64(45-23-10-5-11-24-45)54-30-14-12-27-50(54)51-28-13-15-31-55(51)64/h3-41H,1-2H3. The minimum Gasteiger partial charge on any atom is -0.456 e. The van der Waals surface area contributed by atoms with Crippen LogP contribution in [0.2, 0.25) is 0 Å². The molecule has 2 heteroatoms. The summed E-state index contributed by atoms with van der Waals surface area (Å²) in [7, 11) is 0. The second kappa shape index (κ2) is 14.7. The molecule has 1 aromatic heterocycles. The zero-order valence-electron chi connectivity index (χ0n) is 36.9. The van der Waals surface area contributed by atoms with Gasteiger partial charge in [-0.3, -0.25) is 0 Å². The monoisotopic (exact) mass is 843 g/mol. The normalized spacial score (nSPS) is 13.8. The van der Waals surface area contributed by atoms with E-state index in [0.717, 1.165) is 44.6 Å². The molecule has 0 saturated carbocycles. The number of hydrogen-bond donors (Lipinski definition) is 0. The van der Waals surface area contributed by atoms with Gasteiger partial charge in [-0.05, 0) is 126 Å². The third kappa shape index (κ3) is 5.55. The first-order valence-corrected chi connectivity index (χ1v) is 23.0. The predicted molar refractivity (Wildman–Crippen MR) is 274 cm³/mol. The van der Waals surface area contributed by atoms with Gasteiger partial charge in [-0.25, -0.2) is 0 Å². The molecule has 1 heterocycles. The molecule has 0 spiro atoms. The average molecular weight is 844 g/mol. The van der Waals surface area contributed by atoms with Crippen molar-refractivity contribution in [1.82, 2.24) is 0 Å². The Morgan fingerprint density at radius 2 is 0.955 bits per heavy atom. The van der Waals surface area contributed by atoms with Crippen LogP contribution in [0.15, 0.2) is 241 Å². The molecule has 11 aromatic rings. The van der Waals surface area contributed by atoms with Crippen LogP contribution in [0.5, 0.6) is 0 Å². The Labute approximate surface area is 385 Å². The Kier molecular flexibility index (Phi) is 8.51. The molecule has 0 atom stereocenters. The molecule has 0 aliphatic heterocycles. The minimum absolute atomic E-state index is 0.244.